The minimum Gasteiger partial charge on any atom is -0.494 e. The normalized spacial score (nSPS) is 12.3. The fourth-order valence-electron chi connectivity index (χ4n) is 2.63. The molecule has 2 aromatic carbocycles. The van der Waals surface area contributed by atoms with Crippen molar-refractivity contribution in [3.8, 4) is 5.75 Å². The third-order valence-corrected chi connectivity index (χ3v) is 5.09. The van der Waals surface area contributed by atoms with Crippen LogP contribution in [0.3, 0.4) is 0 Å². The van der Waals surface area contributed by atoms with Gasteiger partial charge in [0.05, 0.1) is 18.6 Å². The lowest BCUT2D eigenvalue weighted by Crippen LogP contribution is -2.47. The number of hydrogen-bond donors (Lipinski definition) is 1. The van der Waals surface area contributed by atoms with Crippen molar-refractivity contribution in [2.75, 3.05) is 17.2 Å². The lowest BCUT2D eigenvalue weighted by Gasteiger charge is -2.28. The van der Waals surface area contributed by atoms with Gasteiger partial charge >= 0.3 is 0 Å². The van der Waals surface area contributed by atoms with Crippen LogP contribution in [0.5, 0.6) is 5.75 Å². The zero-order valence-electron chi connectivity index (χ0n) is 15.5. The van der Waals surface area contributed by atoms with Crippen molar-refractivity contribution in [2.45, 2.75) is 26.4 Å². The highest BCUT2D eigenvalue weighted by molar-refractivity contribution is 7.92. The highest BCUT2D eigenvalue weighted by atomic mass is 32.2. The van der Waals surface area contributed by atoms with Gasteiger partial charge in [-0.2, -0.15) is 0 Å². The molecule has 0 aliphatic heterocycles. The van der Waals surface area contributed by atoms with Gasteiger partial charge in [0.1, 0.15) is 17.6 Å². The Bertz CT molecular complexity index is 885. The first-order valence-electron chi connectivity index (χ1n) is 8.46. The smallest absolute Gasteiger partial charge is 0.243 e. The molecule has 0 saturated heterocycles. The van der Waals surface area contributed by atoms with Crippen LogP contribution >= 0.6 is 0 Å². The highest BCUT2D eigenvalue weighted by Crippen LogP contribution is 2.21. The number of halogens is 1. The largest absolute Gasteiger partial charge is 0.494 e. The number of sulfonamides is 1. The zero-order valence-corrected chi connectivity index (χ0v) is 16.3. The molecule has 0 spiro atoms. The Hall–Kier alpha value is -2.61. The molecule has 1 unspecified atom stereocenters. The van der Waals surface area contributed by atoms with Crippen LogP contribution < -0.4 is 14.4 Å². The summed E-state index contributed by atoms with van der Waals surface area (Å²) in [6, 6.07) is 11.3. The number of nitrogens with one attached hydrogen (secondary N) is 1. The Morgan fingerprint density at radius 3 is 2.44 bits per heavy atom. The first kappa shape index (κ1) is 20.7. The molecule has 1 amide bonds. The molecule has 0 aliphatic rings. The van der Waals surface area contributed by atoms with Gasteiger partial charge in [-0.15, -0.1) is 0 Å². The number of amides is 1. The predicted octanol–water partition coefficient (Wildman–Crippen LogP) is 2.70. The monoisotopic (exact) mass is 394 g/mol. The lowest BCUT2D eigenvalue weighted by molar-refractivity contribution is -0.122. The Labute approximate surface area is 159 Å². The van der Waals surface area contributed by atoms with E-state index >= 15 is 0 Å². The molecule has 0 aliphatic carbocycles. The van der Waals surface area contributed by atoms with Crippen molar-refractivity contribution in [3.05, 3.63) is 59.9 Å². The van der Waals surface area contributed by atoms with Gasteiger partial charge in [0, 0.05) is 6.54 Å². The van der Waals surface area contributed by atoms with Crippen molar-refractivity contribution >= 4 is 21.6 Å². The molecule has 2 rings (SSSR count). The molecule has 1 N–H and O–H groups in total. The number of rotatable bonds is 8. The van der Waals surface area contributed by atoms with E-state index in [0.29, 0.717) is 6.61 Å². The molecule has 8 heteroatoms. The van der Waals surface area contributed by atoms with Crippen molar-refractivity contribution < 1.29 is 22.3 Å². The number of anilines is 1. The summed E-state index contributed by atoms with van der Waals surface area (Å²) in [6.07, 6.45) is 0.980. The van der Waals surface area contributed by atoms with Gasteiger partial charge < -0.3 is 10.1 Å². The van der Waals surface area contributed by atoms with Crippen LogP contribution in [-0.4, -0.2) is 33.2 Å². The van der Waals surface area contributed by atoms with Gasteiger partial charge in [0.25, 0.3) is 0 Å². The van der Waals surface area contributed by atoms with Gasteiger partial charge in [0.15, 0.2) is 0 Å². The van der Waals surface area contributed by atoms with Crippen LogP contribution in [0.25, 0.3) is 0 Å². The average molecular weight is 394 g/mol. The Balaban J connectivity index is 2.11. The van der Waals surface area contributed by atoms with Crippen molar-refractivity contribution in [1.29, 1.82) is 0 Å². The summed E-state index contributed by atoms with van der Waals surface area (Å²) in [6.45, 7) is 4.15. The van der Waals surface area contributed by atoms with E-state index in [0.717, 1.165) is 27.9 Å². The van der Waals surface area contributed by atoms with E-state index in [-0.39, 0.29) is 12.2 Å². The zero-order chi connectivity index (χ0) is 20.0. The van der Waals surface area contributed by atoms with Crippen molar-refractivity contribution in [1.82, 2.24) is 5.32 Å². The maximum atomic E-state index is 13.5. The van der Waals surface area contributed by atoms with Crippen LogP contribution in [0.2, 0.25) is 0 Å². The summed E-state index contributed by atoms with van der Waals surface area (Å²) in [4.78, 5) is 12.5. The fraction of sp³-hybridized carbons (Fsp3) is 0.316. The van der Waals surface area contributed by atoms with E-state index in [1.54, 1.807) is 12.1 Å². The van der Waals surface area contributed by atoms with E-state index in [2.05, 4.69) is 5.32 Å². The molecule has 0 saturated carbocycles. The maximum absolute atomic E-state index is 13.5. The van der Waals surface area contributed by atoms with Crippen LogP contribution in [0, 0.1) is 5.82 Å². The topological polar surface area (TPSA) is 75.7 Å². The van der Waals surface area contributed by atoms with E-state index in [4.69, 9.17) is 4.74 Å². The Morgan fingerprint density at radius 2 is 1.89 bits per heavy atom. The van der Waals surface area contributed by atoms with Crippen LogP contribution in [0.4, 0.5) is 10.1 Å². The third-order valence-electron chi connectivity index (χ3n) is 3.85. The quantitative estimate of drug-likeness (QED) is 0.747. The molecule has 0 radical (unpaired) electrons. The van der Waals surface area contributed by atoms with E-state index in [1.165, 1.54) is 25.1 Å². The van der Waals surface area contributed by atoms with Crippen molar-refractivity contribution in [3.63, 3.8) is 0 Å². The Kier molecular flexibility index (Phi) is 6.79. The minimum atomic E-state index is -3.78. The number of benzene rings is 2. The first-order valence-corrected chi connectivity index (χ1v) is 10.3. The number of nitrogens with zero attached hydrogens (tertiary/aromatic N) is 1. The maximum Gasteiger partial charge on any atom is 0.243 e. The first-order chi connectivity index (χ1) is 12.7. The fourth-order valence-corrected chi connectivity index (χ4v) is 3.80. The predicted molar refractivity (Wildman–Crippen MR) is 103 cm³/mol. The molecule has 6 nitrogen and oxygen atoms in total. The number of carbonyl (C=O) groups is 1. The van der Waals surface area contributed by atoms with Crippen molar-refractivity contribution in [2.24, 2.45) is 0 Å². The SMILES string of the molecule is CCOc1ccc(CNC(=O)C(C)N(c2cccc(F)c2)S(C)(=O)=O)cc1. The van der Waals surface area contributed by atoms with Crippen LogP contribution in [-0.2, 0) is 21.4 Å². The molecule has 0 heterocycles. The molecular formula is C19H23FN2O4S. The van der Waals surface area contributed by atoms with E-state index in [9.17, 15) is 17.6 Å². The number of ether oxygens (including phenoxy) is 1. The molecule has 0 fully saturated rings. The summed E-state index contributed by atoms with van der Waals surface area (Å²) in [5.41, 5.74) is 0.942. The second-order valence-corrected chi connectivity index (χ2v) is 7.87. The molecule has 0 aromatic heterocycles. The summed E-state index contributed by atoms with van der Waals surface area (Å²) in [7, 11) is -3.78. The average Bonchev–Trinajstić information content (AvgIpc) is 2.60. The highest BCUT2D eigenvalue weighted by Gasteiger charge is 2.29. The second kappa shape index (κ2) is 8.85. The molecular weight excluding hydrogens is 371 g/mol. The molecule has 27 heavy (non-hydrogen) atoms. The second-order valence-electron chi connectivity index (χ2n) is 6.01. The molecule has 146 valence electrons. The van der Waals surface area contributed by atoms with Gasteiger partial charge in [-0.05, 0) is 49.7 Å². The van der Waals surface area contributed by atoms with Crippen LogP contribution in [0.1, 0.15) is 19.4 Å². The minimum absolute atomic E-state index is 0.0983. The summed E-state index contributed by atoms with van der Waals surface area (Å²) < 4.78 is 44.1. The number of hydrogen-bond acceptors (Lipinski definition) is 4. The van der Waals surface area contributed by atoms with Gasteiger partial charge in [-0.3, -0.25) is 9.10 Å². The standard InChI is InChI=1S/C19H23FN2O4S/c1-4-26-18-10-8-15(9-11-18)13-21-19(23)14(2)22(27(3,24)25)17-7-5-6-16(20)12-17/h5-12,14H,4,13H2,1-3H3,(H,21,23). The lowest BCUT2D eigenvalue weighted by atomic mass is 10.2. The van der Waals surface area contributed by atoms with Gasteiger partial charge in [0.2, 0.25) is 15.9 Å². The van der Waals surface area contributed by atoms with Gasteiger partial charge in [-0.25, -0.2) is 12.8 Å². The van der Waals surface area contributed by atoms with Gasteiger partial charge in [-0.1, -0.05) is 18.2 Å². The Morgan fingerprint density at radius 1 is 1.22 bits per heavy atom. The van der Waals surface area contributed by atoms with E-state index < -0.39 is 27.8 Å². The molecule has 0 bridgehead atoms. The number of carbonyl (C=O) groups excluding carboxylic acids is 1. The van der Waals surface area contributed by atoms with Crippen LogP contribution in [0.15, 0.2) is 48.5 Å². The summed E-state index contributed by atoms with van der Waals surface area (Å²) in [5, 5.41) is 2.71. The summed E-state index contributed by atoms with van der Waals surface area (Å²) in [5.74, 6) is -0.336. The molecule has 1 atom stereocenters. The summed E-state index contributed by atoms with van der Waals surface area (Å²) >= 11 is 0. The molecule has 2 aromatic rings. The third kappa shape index (κ3) is 5.68. The van der Waals surface area contributed by atoms with E-state index in [1.807, 2.05) is 19.1 Å².